The molecular weight excluding hydrogens is 192 g/mol. The number of hydrogen-bond donors (Lipinski definition) is 1. The predicted octanol–water partition coefficient (Wildman–Crippen LogP) is 0.879. The van der Waals surface area contributed by atoms with E-state index in [1.807, 2.05) is 0 Å². The van der Waals surface area contributed by atoms with Gasteiger partial charge in [0.25, 0.3) is 0 Å². The fraction of sp³-hybridized carbons (Fsp3) is 0.600. The van der Waals surface area contributed by atoms with Gasteiger partial charge in [0.2, 0.25) is 5.88 Å². The highest BCUT2D eigenvalue weighted by atomic mass is 16.5. The molecule has 1 aromatic rings. The number of methoxy groups -OCH3 is 1. The van der Waals surface area contributed by atoms with Crippen LogP contribution in [-0.4, -0.2) is 36.2 Å². The Kier molecular flexibility index (Phi) is 1.90. The van der Waals surface area contributed by atoms with Gasteiger partial charge in [-0.15, -0.1) is 0 Å². The van der Waals surface area contributed by atoms with Crippen LogP contribution in [0.5, 0.6) is 5.88 Å². The van der Waals surface area contributed by atoms with Gasteiger partial charge in [-0.25, -0.2) is 4.98 Å². The minimum atomic E-state index is 0.644. The largest absolute Gasteiger partial charge is 0.479 e. The van der Waals surface area contributed by atoms with E-state index in [0.29, 0.717) is 11.9 Å². The summed E-state index contributed by atoms with van der Waals surface area (Å²) in [6.45, 7) is 1.96. The van der Waals surface area contributed by atoms with Crippen molar-refractivity contribution in [2.75, 3.05) is 30.4 Å². The minimum absolute atomic E-state index is 0.644. The lowest BCUT2D eigenvalue weighted by Gasteiger charge is -2.30. The first-order valence-corrected chi connectivity index (χ1v) is 5.29. The summed E-state index contributed by atoms with van der Waals surface area (Å²) in [6, 6.07) is 0.686. The third-order valence-corrected chi connectivity index (χ3v) is 2.90. The maximum Gasteiger partial charge on any atom is 0.242 e. The Labute approximate surface area is 88.5 Å². The van der Waals surface area contributed by atoms with E-state index in [1.165, 1.54) is 12.8 Å². The molecular formula is C10H14N4O. The first-order valence-electron chi connectivity index (χ1n) is 5.29. The van der Waals surface area contributed by atoms with Crippen LogP contribution in [0.4, 0.5) is 11.5 Å². The van der Waals surface area contributed by atoms with E-state index >= 15 is 0 Å². The van der Waals surface area contributed by atoms with E-state index in [9.17, 15) is 0 Å². The maximum absolute atomic E-state index is 5.22. The van der Waals surface area contributed by atoms with Crippen molar-refractivity contribution in [3.05, 3.63) is 6.33 Å². The molecule has 80 valence electrons. The van der Waals surface area contributed by atoms with Crippen molar-refractivity contribution in [3.63, 3.8) is 0 Å². The molecule has 1 fully saturated rings. The van der Waals surface area contributed by atoms with E-state index in [2.05, 4.69) is 20.2 Å². The van der Waals surface area contributed by atoms with Crippen LogP contribution in [0, 0.1) is 0 Å². The summed E-state index contributed by atoms with van der Waals surface area (Å²) in [4.78, 5) is 10.8. The average molecular weight is 206 g/mol. The average Bonchev–Trinajstić information content (AvgIpc) is 3.11. The molecule has 1 aliphatic carbocycles. The summed E-state index contributed by atoms with van der Waals surface area (Å²) >= 11 is 0. The zero-order valence-electron chi connectivity index (χ0n) is 8.73. The molecule has 5 nitrogen and oxygen atoms in total. The van der Waals surface area contributed by atoms with Gasteiger partial charge in [0.1, 0.15) is 12.0 Å². The lowest BCUT2D eigenvalue weighted by molar-refractivity contribution is 0.398. The van der Waals surface area contributed by atoms with Crippen molar-refractivity contribution in [2.45, 2.75) is 18.9 Å². The van der Waals surface area contributed by atoms with Crippen LogP contribution < -0.4 is 15.0 Å². The molecule has 1 saturated carbocycles. The molecule has 3 rings (SSSR count). The number of nitrogens with zero attached hydrogens (tertiary/aromatic N) is 3. The SMILES string of the molecule is COc1ncnc2c1NCCN2C1CC1. The molecule has 5 heteroatoms. The molecule has 1 aromatic heterocycles. The molecule has 1 aliphatic heterocycles. The summed E-state index contributed by atoms with van der Waals surface area (Å²) in [6.07, 6.45) is 4.14. The highest BCUT2D eigenvalue weighted by molar-refractivity contribution is 5.73. The number of nitrogens with one attached hydrogen (secondary N) is 1. The molecule has 2 heterocycles. The van der Waals surface area contributed by atoms with Gasteiger partial charge in [0, 0.05) is 19.1 Å². The van der Waals surface area contributed by atoms with Crippen LogP contribution in [0.3, 0.4) is 0 Å². The van der Waals surface area contributed by atoms with Gasteiger partial charge < -0.3 is 15.0 Å². The molecule has 15 heavy (non-hydrogen) atoms. The van der Waals surface area contributed by atoms with Gasteiger partial charge in [-0.05, 0) is 12.8 Å². The standard InChI is InChI=1S/C10H14N4O/c1-15-10-8-9(12-6-13-10)14(5-4-11-8)7-2-3-7/h6-7,11H,2-5H2,1H3. The Hall–Kier alpha value is -1.52. The van der Waals surface area contributed by atoms with Crippen molar-refractivity contribution in [1.82, 2.24) is 9.97 Å². The van der Waals surface area contributed by atoms with Gasteiger partial charge >= 0.3 is 0 Å². The molecule has 0 spiro atoms. The minimum Gasteiger partial charge on any atom is -0.479 e. The van der Waals surface area contributed by atoms with Crippen molar-refractivity contribution in [3.8, 4) is 5.88 Å². The predicted molar refractivity (Wildman–Crippen MR) is 57.4 cm³/mol. The van der Waals surface area contributed by atoms with Crippen LogP contribution in [0.2, 0.25) is 0 Å². The molecule has 0 saturated heterocycles. The molecule has 0 aromatic carbocycles. The Morgan fingerprint density at radius 1 is 1.47 bits per heavy atom. The van der Waals surface area contributed by atoms with Crippen LogP contribution >= 0.6 is 0 Å². The quantitative estimate of drug-likeness (QED) is 0.778. The van der Waals surface area contributed by atoms with Crippen molar-refractivity contribution in [2.24, 2.45) is 0 Å². The van der Waals surface area contributed by atoms with Crippen LogP contribution in [-0.2, 0) is 0 Å². The van der Waals surface area contributed by atoms with Gasteiger partial charge in [-0.3, -0.25) is 0 Å². The Morgan fingerprint density at radius 2 is 2.33 bits per heavy atom. The summed E-state index contributed by atoms with van der Waals surface area (Å²) in [5.74, 6) is 1.64. The maximum atomic E-state index is 5.22. The normalized spacial score (nSPS) is 19.4. The highest BCUT2D eigenvalue weighted by Crippen LogP contribution is 2.39. The van der Waals surface area contributed by atoms with Crippen LogP contribution in [0.25, 0.3) is 0 Å². The van der Waals surface area contributed by atoms with E-state index in [0.717, 1.165) is 24.6 Å². The molecule has 0 bridgehead atoms. The molecule has 0 amide bonds. The topological polar surface area (TPSA) is 50.3 Å². The summed E-state index contributed by atoms with van der Waals surface area (Å²) in [7, 11) is 1.64. The van der Waals surface area contributed by atoms with Gasteiger partial charge in [0.15, 0.2) is 5.82 Å². The molecule has 0 unspecified atom stereocenters. The number of anilines is 2. The smallest absolute Gasteiger partial charge is 0.242 e. The second-order valence-corrected chi connectivity index (χ2v) is 3.93. The fourth-order valence-electron chi connectivity index (χ4n) is 2.04. The van der Waals surface area contributed by atoms with Crippen molar-refractivity contribution < 1.29 is 4.74 Å². The van der Waals surface area contributed by atoms with Gasteiger partial charge in [0.05, 0.1) is 7.11 Å². The molecule has 0 radical (unpaired) electrons. The van der Waals surface area contributed by atoms with Crippen LogP contribution in [0.15, 0.2) is 6.33 Å². The van der Waals surface area contributed by atoms with E-state index in [1.54, 1.807) is 13.4 Å². The zero-order valence-corrected chi connectivity index (χ0v) is 8.73. The molecule has 0 atom stereocenters. The number of ether oxygens (including phenoxy) is 1. The summed E-state index contributed by atoms with van der Waals surface area (Å²) < 4.78 is 5.22. The second-order valence-electron chi connectivity index (χ2n) is 3.93. The lowest BCUT2D eigenvalue weighted by atomic mass is 10.3. The van der Waals surface area contributed by atoms with E-state index in [4.69, 9.17) is 4.74 Å². The van der Waals surface area contributed by atoms with E-state index < -0.39 is 0 Å². The molecule has 1 N–H and O–H groups in total. The highest BCUT2D eigenvalue weighted by Gasteiger charge is 2.34. The van der Waals surface area contributed by atoms with Crippen molar-refractivity contribution >= 4 is 11.5 Å². The number of hydrogen-bond acceptors (Lipinski definition) is 5. The fourth-order valence-corrected chi connectivity index (χ4v) is 2.04. The zero-order chi connectivity index (χ0) is 10.3. The van der Waals surface area contributed by atoms with Gasteiger partial charge in [-0.1, -0.05) is 0 Å². The van der Waals surface area contributed by atoms with Crippen molar-refractivity contribution in [1.29, 1.82) is 0 Å². The monoisotopic (exact) mass is 206 g/mol. The summed E-state index contributed by atoms with van der Waals surface area (Å²) in [5, 5.41) is 3.30. The first-order chi connectivity index (χ1) is 7.40. The molecule has 2 aliphatic rings. The van der Waals surface area contributed by atoms with Gasteiger partial charge in [-0.2, -0.15) is 4.98 Å². The Morgan fingerprint density at radius 3 is 3.07 bits per heavy atom. The third kappa shape index (κ3) is 1.38. The first kappa shape index (κ1) is 8.76. The van der Waals surface area contributed by atoms with E-state index in [-0.39, 0.29) is 0 Å². The number of rotatable bonds is 2. The third-order valence-electron chi connectivity index (χ3n) is 2.90. The Balaban J connectivity index is 2.03. The number of fused-ring (bicyclic) bond motifs is 1. The second kappa shape index (κ2) is 3.25. The van der Waals surface area contributed by atoms with Crippen LogP contribution in [0.1, 0.15) is 12.8 Å². The Bertz CT molecular complexity index is 378. The lowest BCUT2D eigenvalue weighted by Crippen LogP contribution is -2.36. The number of aromatic nitrogens is 2. The summed E-state index contributed by atoms with van der Waals surface area (Å²) in [5.41, 5.74) is 0.943.